The van der Waals surface area contributed by atoms with Crippen LogP contribution in [0.4, 0.5) is 0 Å². The summed E-state index contributed by atoms with van der Waals surface area (Å²) in [5, 5.41) is 11.3. The van der Waals surface area contributed by atoms with Crippen molar-refractivity contribution in [3.05, 3.63) is 60.2 Å². The van der Waals surface area contributed by atoms with Gasteiger partial charge in [-0.15, -0.1) is 0 Å². The minimum atomic E-state index is -1.70. The molecule has 0 heterocycles. The molecule has 0 aliphatic heterocycles. The summed E-state index contributed by atoms with van der Waals surface area (Å²) < 4.78 is 10.3. The molecule has 0 spiro atoms. The van der Waals surface area contributed by atoms with E-state index in [0.29, 0.717) is 10.6 Å². The maximum absolute atomic E-state index is 12.8. The molecule has 0 amide bonds. The van der Waals surface area contributed by atoms with Crippen LogP contribution < -0.4 is 0 Å². The van der Waals surface area contributed by atoms with E-state index in [0.717, 1.165) is 0 Å². The number of carbonyl (C=O) groups excluding carboxylic acids is 3. The first kappa shape index (κ1) is 21.9. The van der Waals surface area contributed by atoms with Crippen LogP contribution >= 0.6 is 11.6 Å². The Morgan fingerprint density at radius 3 is 2.25 bits per heavy atom. The fraction of sp³-hybridized carbons (Fsp3) is 0.381. The Labute approximate surface area is 168 Å². The molecule has 1 fully saturated rings. The predicted molar refractivity (Wildman–Crippen MR) is 104 cm³/mol. The number of hydrogen-bond acceptors (Lipinski definition) is 6. The van der Waals surface area contributed by atoms with E-state index in [1.807, 2.05) is 0 Å². The van der Waals surface area contributed by atoms with Crippen molar-refractivity contribution in [1.29, 1.82) is 0 Å². The summed E-state index contributed by atoms with van der Waals surface area (Å²) >= 11 is 5.95. The fourth-order valence-corrected chi connectivity index (χ4v) is 3.69. The number of ether oxygens (including phenoxy) is 2. The van der Waals surface area contributed by atoms with Crippen LogP contribution in [0, 0.1) is 11.8 Å². The number of esters is 2. The van der Waals surface area contributed by atoms with Gasteiger partial charge in [-0.3, -0.25) is 14.4 Å². The molecule has 0 saturated heterocycles. The molecule has 1 aromatic carbocycles. The standard InChI is InChI=1S/C21H23ClO6/c1-4-10-27-19(24)17-15(23)12-21(3,26)18(20(25)28-11-5-2)16(17)13-6-8-14(22)9-7-13/h4-9,16-18,26H,1-2,10-12H2,3H3. The normalized spacial score (nSPS) is 27.0. The summed E-state index contributed by atoms with van der Waals surface area (Å²) in [6.45, 7) is 8.24. The average Bonchev–Trinajstić information content (AvgIpc) is 2.63. The van der Waals surface area contributed by atoms with Gasteiger partial charge in [0.25, 0.3) is 0 Å². The van der Waals surface area contributed by atoms with Gasteiger partial charge in [0, 0.05) is 17.4 Å². The van der Waals surface area contributed by atoms with Gasteiger partial charge in [0.15, 0.2) is 5.78 Å². The number of Topliss-reactive ketones (excluding diaryl/α,β-unsaturated/α-hetero) is 1. The number of halogens is 1. The van der Waals surface area contributed by atoms with Crippen molar-refractivity contribution in [3.8, 4) is 0 Å². The molecule has 7 heteroatoms. The Morgan fingerprint density at radius 2 is 1.71 bits per heavy atom. The molecule has 1 aromatic rings. The van der Waals surface area contributed by atoms with Crippen LogP contribution in [0.5, 0.6) is 0 Å². The van der Waals surface area contributed by atoms with Gasteiger partial charge in [0.05, 0.1) is 11.5 Å². The molecule has 2 rings (SSSR count). The van der Waals surface area contributed by atoms with Gasteiger partial charge in [-0.2, -0.15) is 0 Å². The van der Waals surface area contributed by atoms with E-state index in [1.54, 1.807) is 24.3 Å². The van der Waals surface area contributed by atoms with E-state index in [-0.39, 0.29) is 19.6 Å². The van der Waals surface area contributed by atoms with Gasteiger partial charge in [0.1, 0.15) is 19.1 Å². The zero-order chi connectivity index (χ0) is 20.9. The van der Waals surface area contributed by atoms with Gasteiger partial charge in [-0.05, 0) is 24.6 Å². The second-order valence-electron chi connectivity index (χ2n) is 6.87. The quantitative estimate of drug-likeness (QED) is 0.425. The molecular weight excluding hydrogens is 384 g/mol. The molecule has 1 aliphatic rings. The number of benzene rings is 1. The van der Waals surface area contributed by atoms with E-state index in [2.05, 4.69) is 13.2 Å². The van der Waals surface area contributed by atoms with Gasteiger partial charge in [0.2, 0.25) is 0 Å². The Balaban J connectivity index is 2.56. The van der Waals surface area contributed by atoms with Crippen LogP contribution in [0.1, 0.15) is 24.8 Å². The lowest BCUT2D eigenvalue weighted by molar-refractivity contribution is -0.171. The van der Waals surface area contributed by atoms with E-state index < -0.39 is 41.1 Å². The Hall–Kier alpha value is -2.44. The predicted octanol–water partition coefficient (Wildman–Crippen LogP) is 2.84. The zero-order valence-corrected chi connectivity index (χ0v) is 16.4. The largest absolute Gasteiger partial charge is 0.461 e. The molecule has 1 saturated carbocycles. The van der Waals surface area contributed by atoms with Gasteiger partial charge in [-0.25, -0.2) is 0 Å². The van der Waals surface area contributed by atoms with Gasteiger partial charge >= 0.3 is 11.9 Å². The first-order valence-electron chi connectivity index (χ1n) is 8.78. The smallest absolute Gasteiger partial charge is 0.317 e. The first-order chi connectivity index (χ1) is 13.2. The highest BCUT2D eigenvalue weighted by Crippen LogP contribution is 2.46. The average molecular weight is 407 g/mol. The Bertz CT molecular complexity index is 768. The maximum Gasteiger partial charge on any atom is 0.317 e. The summed E-state index contributed by atoms with van der Waals surface area (Å²) in [5.74, 6) is -5.40. The van der Waals surface area contributed by atoms with Crippen molar-refractivity contribution in [2.24, 2.45) is 11.8 Å². The van der Waals surface area contributed by atoms with Gasteiger partial charge in [-0.1, -0.05) is 49.0 Å². The molecule has 1 aliphatic carbocycles. The highest BCUT2D eigenvalue weighted by Gasteiger charge is 2.57. The number of carbonyl (C=O) groups is 3. The summed E-state index contributed by atoms with van der Waals surface area (Å²) in [7, 11) is 0. The molecule has 0 aromatic heterocycles. The fourth-order valence-electron chi connectivity index (χ4n) is 3.56. The second-order valence-corrected chi connectivity index (χ2v) is 7.31. The molecule has 150 valence electrons. The Morgan fingerprint density at radius 1 is 1.18 bits per heavy atom. The first-order valence-corrected chi connectivity index (χ1v) is 9.16. The number of rotatable bonds is 7. The molecule has 28 heavy (non-hydrogen) atoms. The third-order valence-electron chi connectivity index (χ3n) is 4.72. The highest BCUT2D eigenvalue weighted by molar-refractivity contribution is 6.30. The Kier molecular flexibility index (Phi) is 7.16. The van der Waals surface area contributed by atoms with E-state index in [4.69, 9.17) is 21.1 Å². The van der Waals surface area contributed by atoms with Crippen molar-refractivity contribution in [2.45, 2.75) is 24.9 Å². The van der Waals surface area contributed by atoms with E-state index in [1.165, 1.54) is 19.1 Å². The SMILES string of the molecule is C=CCOC(=O)C1C(=O)CC(C)(O)C(C(=O)OCC=C)C1c1ccc(Cl)cc1. The monoisotopic (exact) mass is 406 g/mol. The van der Waals surface area contributed by atoms with Crippen LogP contribution in [0.2, 0.25) is 5.02 Å². The molecular formula is C21H23ClO6. The molecule has 1 N–H and O–H groups in total. The molecule has 0 bridgehead atoms. The topological polar surface area (TPSA) is 89.9 Å². The third-order valence-corrected chi connectivity index (χ3v) is 4.97. The number of ketones is 1. The van der Waals surface area contributed by atoms with Crippen molar-refractivity contribution < 1.29 is 29.0 Å². The van der Waals surface area contributed by atoms with Crippen LogP contribution in [-0.2, 0) is 23.9 Å². The molecule has 6 nitrogen and oxygen atoms in total. The summed E-state index contributed by atoms with van der Waals surface area (Å²) in [4.78, 5) is 38.2. The number of aliphatic hydroxyl groups is 1. The van der Waals surface area contributed by atoms with Crippen LogP contribution in [0.3, 0.4) is 0 Å². The summed E-state index contributed by atoms with van der Waals surface area (Å²) in [5.41, 5.74) is -1.20. The van der Waals surface area contributed by atoms with E-state index in [9.17, 15) is 19.5 Å². The second kappa shape index (κ2) is 9.17. The van der Waals surface area contributed by atoms with Crippen LogP contribution in [-0.4, -0.2) is 41.6 Å². The third kappa shape index (κ3) is 4.69. The van der Waals surface area contributed by atoms with Gasteiger partial charge < -0.3 is 14.6 Å². The number of hydrogen-bond donors (Lipinski definition) is 1. The van der Waals surface area contributed by atoms with Crippen molar-refractivity contribution >= 4 is 29.3 Å². The van der Waals surface area contributed by atoms with E-state index >= 15 is 0 Å². The minimum Gasteiger partial charge on any atom is -0.461 e. The molecule has 0 radical (unpaired) electrons. The lowest BCUT2D eigenvalue weighted by atomic mass is 9.62. The van der Waals surface area contributed by atoms with Crippen molar-refractivity contribution in [3.63, 3.8) is 0 Å². The molecule has 4 unspecified atom stereocenters. The van der Waals surface area contributed by atoms with Crippen molar-refractivity contribution in [2.75, 3.05) is 13.2 Å². The zero-order valence-electron chi connectivity index (χ0n) is 15.6. The maximum atomic E-state index is 12.8. The van der Waals surface area contributed by atoms with Crippen LogP contribution in [0.15, 0.2) is 49.6 Å². The van der Waals surface area contributed by atoms with Crippen LogP contribution in [0.25, 0.3) is 0 Å². The lowest BCUT2D eigenvalue weighted by Crippen LogP contribution is -2.55. The van der Waals surface area contributed by atoms with Crippen molar-refractivity contribution in [1.82, 2.24) is 0 Å². The molecule has 4 atom stereocenters. The minimum absolute atomic E-state index is 0.0573. The lowest BCUT2D eigenvalue weighted by Gasteiger charge is -2.43. The summed E-state index contributed by atoms with van der Waals surface area (Å²) in [6.07, 6.45) is 2.40. The highest BCUT2D eigenvalue weighted by atomic mass is 35.5. The summed E-state index contributed by atoms with van der Waals surface area (Å²) in [6, 6.07) is 6.40.